The Balaban J connectivity index is 0.000000322. The second-order valence-corrected chi connectivity index (χ2v) is 14.8. The van der Waals surface area contributed by atoms with Crippen LogP contribution in [-0.2, 0) is 41.4 Å². The summed E-state index contributed by atoms with van der Waals surface area (Å²) in [5.41, 5.74) is 1.61. The van der Waals surface area contributed by atoms with Crippen molar-refractivity contribution in [2.45, 2.75) is 96.6 Å². The van der Waals surface area contributed by atoms with E-state index < -0.39 is 47.4 Å². The standard InChI is InChI=1S/C26H34N2O5.C15H21NO5/c1-26(2,3)33-25(30)27-23(24(29)31-4)18-19-10-12-21(13-11-19)32-22-14-16-28(17-15-22)20-8-6-5-7-9-20;1-15(2,3)21-14(19)16-12(13(18)20-4)9-10-5-7-11(17)8-6-10/h5-13,22-23H,14-18H2,1-4H3,(H,27,30);5-8,12,17H,9H2,1-4H3,(H,16,19)/t23-;12-/m00/s1. The molecule has 1 aliphatic heterocycles. The van der Waals surface area contributed by atoms with Crippen LogP contribution in [-0.4, -0.2) is 85.9 Å². The molecular formula is C41H55N3O10. The number of carbonyl (C=O) groups excluding carboxylic acids is 4. The molecule has 0 radical (unpaired) electrons. The molecule has 1 saturated heterocycles. The number of hydrogen-bond acceptors (Lipinski definition) is 11. The number of nitrogens with zero attached hydrogens (tertiary/aromatic N) is 1. The highest BCUT2D eigenvalue weighted by Gasteiger charge is 2.27. The first-order valence-corrected chi connectivity index (χ1v) is 17.9. The first kappa shape index (κ1) is 42.9. The molecule has 294 valence electrons. The number of esters is 2. The van der Waals surface area contributed by atoms with Gasteiger partial charge in [-0.3, -0.25) is 0 Å². The summed E-state index contributed by atoms with van der Waals surface area (Å²) in [4.78, 5) is 50.1. The van der Waals surface area contributed by atoms with E-state index in [0.717, 1.165) is 42.8 Å². The molecule has 0 unspecified atom stereocenters. The van der Waals surface area contributed by atoms with Crippen molar-refractivity contribution in [2.24, 2.45) is 0 Å². The summed E-state index contributed by atoms with van der Waals surface area (Å²) in [5.74, 6) is -0.152. The molecule has 0 aliphatic carbocycles. The number of benzene rings is 3. The van der Waals surface area contributed by atoms with E-state index in [1.54, 1.807) is 53.7 Å². The lowest BCUT2D eigenvalue weighted by Gasteiger charge is -2.33. The van der Waals surface area contributed by atoms with E-state index in [9.17, 15) is 24.3 Å². The lowest BCUT2D eigenvalue weighted by molar-refractivity contribution is -0.143. The van der Waals surface area contributed by atoms with Gasteiger partial charge in [-0.15, -0.1) is 0 Å². The minimum absolute atomic E-state index is 0.133. The Morgan fingerprint density at radius 1 is 0.685 bits per heavy atom. The van der Waals surface area contributed by atoms with Crippen molar-refractivity contribution in [3.05, 3.63) is 90.0 Å². The molecule has 3 N–H and O–H groups in total. The van der Waals surface area contributed by atoms with E-state index in [1.165, 1.54) is 32.0 Å². The number of amides is 2. The predicted octanol–water partition coefficient (Wildman–Crippen LogP) is 6.34. The van der Waals surface area contributed by atoms with Crippen LogP contribution >= 0.6 is 0 Å². The van der Waals surface area contributed by atoms with Gasteiger partial charge in [0.2, 0.25) is 0 Å². The maximum atomic E-state index is 12.2. The topological polar surface area (TPSA) is 162 Å². The van der Waals surface area contributed by atoms with Gasteiger partial charge in [0.25, 0.3) is 0 Å². The Kier molecular flexibility index (Phi) is 16.0. The molecule has 1 fully saturated rings. The number of para-hydroxylation sites is 1. The second kappa shape index (κ2) is 20.1. The van der Waals surface area contributed by atoms with Crippen LogP contribution in [0.2, 0.25) is 0 Å². The van der Waals surface area contributed by atoms with Crippen molar-refractivity contribution in [2.75, 3.05) is 32.2 Å². The highest BCUT2D eigenvalue weighted by Crippen LogP contribution is 2.24. The highest BCUT2D eigenvalue weighted by molar-refractivity contribution is 5.82. The van der Waals surface area contributed by atoms with E-state index in [0.29, 0.717) is 6.42 Å². The van der Waals surface area contributed by atoms with Crippen LogP contribution in [0.3, 0.4) is 0 Å². The highest BCUT2D eigenvalue weighted by atomic mass is 16.6. The molecule has 4 rings (SSSR count). The van der Waals surface area contributed by atoms with Crippen molar-refractivity contribution in [1.29, 1.82) is 0 Å². The van der Waals surface area contributed by atoms with Gasteiger partial charge in [-0.1, -0.05) is 42.5 Å². The molecule has 1 aliphatic rings. The third kappa shape index (κ3) is 15.6. The van der Waals surface area contributed by atoms with Crippen LogP contribution in [0.15, 0.2) is 78.9 Å². The number of nitrogens with one attached hydrogen (secondary N) is 2. The summed E-state index contributed by atoms with van der Waals surface area (Å²) in [6, 6.07) is 22.7. The van der Waals surface area contributed by atoms with Gasteiger partial charge in [-0.25, -0.2) is 19.2 Å². The molecule has 3 aromatic rings. The fourth-order valence-electron chi connectivity index (χ4n) is 5.44. The zero-order valence-corrected chi connectivity index (χ0v) is 32.5. The van der Waals surface area contributed by atoms with E-state index in [1.807, 2.05) is 30.3 Å². The third-order valence-electron chi connectivity index (χ3n) is 7.96. The molecule has 13 nitrogen and oxygen atoms in total. The van der Waals surface area contributed by atoms with Crippen LogP contribution in [0, 0.1) is 0 Å². The zero-order chi connectivity index (χ0) is 39.9. The monoisotopic (exact) mass is 749 g/mol. The Morgan fingerprint density at radius 3 is 1.52 bits per heavy atom. The van der Waals surface area contributed by atoms with Gasteiger partial charge in [0.05, 0.1) is 14.2 Å². The van der Waals surface area contributed by atoms with Crippen LogP contribution in [0.1, 0.15) is 65.5 Å². The third-order valence-corrected chi connectivity index (χ3v) is 7.96. The van der Waals surface area contributed by atoms with Crippen molar-refractivity contribution in [1.82, 2.24) is 10.6 Å². The van der Waals surface area contributed by atoms with Gasteiger partial charge in [-0.05, 0) is 89.1 Å². The summed E-state index contributed by atoms with van der Waals surface area (Å²) in [7, 11) is 2.55. The van der Waals surface area contributed by atoms with Gasteiger partial charge >= 0.3 is 24.1 Å². The molecule has 0 saturated carbocycles. The zero-order valence-electron chi connectivity index (χ0n) is 32.5. The summed E-state index contributed by atoms with van der Waals surface area (Å²) in [5, 5.41) is 14.3. The molecule has 3 aromatic carbocycles. The number of hydrogen-bond donors (Lipinski definition) is 3. The number of alkyl carbamates (subject to hydrolysis) is 2. The smallest absolute Gasteiger partial charge is 0.408 e. The van der Waals surface area contributed by atoms with E-state index in [4.69, 9.17) is 18.9 Å². The van der Waals surface area contributed by atoms with Crippen molar-refractivity contribution < 1.29 is 48.0 Å². The van der Waals surface area contributed by atoms with Crippen molar-refractivity contribution in [3.8, 4) is 11.5 Å². The summed E-state index contributed by atoms with van der Waals surface area (Å²) < 4.78 is 26.1. The number of phenolic OH excluding ortho intramolecular Hbond substituents is 1. The quantitative estimate of drug-likeness (QED) is 0.148. The number of phenols is 1. The van der Waals surface area contributed by atoms with Crippen LogP contribution in [0.4, 0.5) is 15.3 Å². The Labute approximate surface area is 318 Å². The molecule has 0 bridgehead atoms. The van der Waals surface area contributed by atoms with Gasteiger partial charge in [0.1, 0.15) is 40.9 Å². The Bertz CT molecular complexity index is 1630. The maximum Gasteiger partial charge on any atom is 0.408 e. The molecule has 2 atom stereocenters. The minimum Gasteiger partial charge on any atom is -0.508 e. The molecule has 0 aromatic heterocycles. The van der Waals surface area contributed by atoms with Gasteiger partial charge in [0.15, 0.2) is 0 Å². The second-order valence-electron chi connectivity index (χ2n) is 14.8. The van der Waals surface area contributed by atoms with Crippen LogP contribution < -0.4 is 20.3 Å². The lowest BCUT2D eigenvalue weighted by atomic mass is 10.1. The molecular weight excluding hydrogens is 694 g/mol. The number of ether oxygens (including phenoxy) is 5. The fourth-order valence-corrected chi connectivity index (χ4v) is 5.44. The van der Waals surface area contributed by atoms with Gasteiger partial charge in [0, 0.05) is 44.5 Å². The average Bonchev–Trinajstić information content (AvgIpc) is 3.11. The van der Waals surface area contributed by atoms with Gasteiger partial charge in [-0.2, -0.15) is 0 Å². The maximum absolute atomic E-state index is 12.2. The lowest BCUT2D eigenvalue weighted by Crippen LogP contribution is -2.45. The van der Waals surface area contributed by atoms with Crippen molar-refractivity contribution in [3.63, 3.8) is 0 Å². The average molecular weight is 750 g/mol. The fraction of sp³-hybridized carbons (Fsp3) is 0.463. The number of rotatable bonds is 11. The minimum atomic E-state index is -0.852. The van der Waals surface area contributed by atoms with E-state index in [2.05, 4.69) is 44.5 Å². The molecule has 0 spiro atoms. The van der Waals surface area contributed by atoms with Crippen LogP contribution in [0.5, 0.6) is 11.5 Å². The predicted molar refractivity (Wildman–Crippen MR) is 205 cm³/mol. The summed E-state index contributed by atoms with van der Waals surface area (Å²) in [6.45, 7) is 12.4. The number of aromatic hydroxyl groups is 1. The number of carbonyl (C=O) groups is 4. The number of anilines is 1. The number of methoxy groups -OCH3 is 2. The van der Waals surface area contributed by atoms with Gasteiger partial charge < -0.3 is 44.3 Å². The first-order valence-electron chi connectivity index (χ1n) is 17.9. The molecule has 54 heavy (non-hydrogen) atoms. The Morgan fingerprint density at radius 2 is 1.11 bits per heavy atom. The first-order chi connectivity index (χ1) is 25.4. The largest absolute Gasteiger partial charge is 0.508 e. The molecule has 1 heterocycles. The molecule has 2 amide bonds. The summed E-state index contributed by atoms with van der Waals surface area (Å²) >= 11 is 0. The Hall–Kier alpha value is -5.46. The SMILES string of the molecule is COC(=O)[C@H](Cc1ccc(O)cc1)NC(=O)OC(C)(C)C.COC(=O)[C@H](Cc1ccc(OC2CCN(c3ccccc3)CC2)cc1)NC(=O)OC(C)(C)C. The summed E-state index contributed by atoms with van der Waals surface area (Å²) in [6.07, 6.45) is 1.29. The van der Waals surface area contributed by atoms with Crippen molar-refractivity contribution >= 4 is 29.8 Å². The normalized spacial score (nSPS) is 14.3. The molecule has 13 heteroatoms. The van der Waals surface area contributed by atoms with E-state index in [-0.39, 0.29) is 18.3 Å². The number of piperidine rings is 1. The van der Waals surface area contributed by atoms with Crippen LogP contribution in [0.25, 0.3) is 0 Å². The van der Waals surface area contributed by atoms with E-state index >= 15 is 0 Å².